The average molecular weight is 487 g/mol. The highest BCUT2D eigenvalue weighted by Gasteiger charge is 2.22. The van der Waals surface area contributed by atoms with E-state index in [9.17, 15) is 13.2 Å². The van der Waals surface area contributed by atoms with Gasteiger partial charge in [0, 0.05) is 18.6 Å². The van der Waals surface area contributed by atoms with Gasteiger partial charge >= 0.3 is 5.69 Å². The Bertz CT molecular complexity index is 1650. The summed E-state index contributed by atoms with van der Waals surface area (Å²) in [6.45, 7) is 1.53. The van der Waals surface area contributed by atoms with Crippen molar-refractivity contribution in [3.05, 3.63) is 51.9 Å². The lowest BCUT2D eigenvalue weighted by Crippen LogP contribution is -2.25. The minimum absolute atomic E-state index is 0.0281. The van der Waals surface area contributed by atoms with Crippen LogP contribution in [-0.4, -0.2) is 48.7 Å². The maximum absolute atomic E-state index is 12.9. The zero-order valence-corrected chi connectivity index (χ0v) is 19.2. The van der Waals surface area contributed by atoms with Crippen molar-refractivity contribution in [2.24, 2.45) is 7.05 Å². The minimum Gasteiger partial charge on any atom is -0.368 e. The Morgan fingerprint density at radius 1 is 1.15 bits per heavy atom. The molecule has 0 bridgehead atoms. The van der Waals surface area contributed by atoms with Crippen molar-refractivity contribution in [3.8, 4) is 10.8 Å². The quantitative estimate of drug-likeness (QED) is 0.349. The van der Waals surface area contributed by atoms with Gasteiger partial charge in [0.05, 0.1) is 18.0 Å². The first kappa shape index (κ1) is 21.2. The number of rotatable bonds is 6. The lowest BCUT2D eigenvalue weighted by Gasteiger charge is -2.07. The standard InChI is InChI=1S/C19H18N8O4S2/c1-11-3-5-12(6-4-11)33(29,30)31-9-8-26-15-13(25(2)19(26)28)16-22-14(17-21-7-10-32-17)24-27(16)18(20)23-15/h3-7,10H,8-9H2,1-2H3,(H2,20,23). The fourth-order valence-electron chi connectivity index (χ4n) is 3.43. The molecule has 0 amide bonds. The molecule has 0 saturated heterocycles. The predicted molar refractivity (Wildman–Crippen MR) is 121 cm³/mol. The van der Waals surface area contributed by atoms with Crippen molar-refractivity contribution in [1.29, 1.82) is 0 Å². The van der Waals surface area contributed by atoms with Gasteiger partial charge in [0.1, 0.15) is 5.52 Å². The van der Waals surface area contributed by atoms with E-state index in [-0.39, 0.29) is 29.6 Å². The molecule has 14 heteroatoms. The largest absolute Gasteiger partial charge is 0.368 e. The van der Waals surface area contributed by atoms with Crippen LogP contribution in [0, 0.1) is 6.92 Å². The molecule has 0 spiro atoms. The molecule has 12 nitrogen and oxygen atoms in total. The number of hydrogen-bond acceptors (Lipinski definition) is 10. The van der Waals surface area contributed by atoms with Gasteiger partial charge in [-0.3, -0.25) is 13.3 Å². The Hall–Kier alpha value is -3.62. The Balaban J connectivity index is 1.51. The van der Waals surface area contributed by atoms with Crippen LogP contribution in [0.25, 0.3) is 27.6 Å². The highest BCUT2D eigenvalue weighted by molar-refractivity contribution is 7.86. The Morgan fingerprint density at radius 2 is 1.91 bits per heavy atom. The molecular weight excluding hydrogens is 468 g/mol. The highest BCUT2D eigenvalue weighted by atomic mass is 32.2. The summed E-state index contributed by atoms with van der Waals surface area (Å²) in [5, 5.41) is 6.76. The number of imidazole rings is 1. The Morgan fingerprint density at radius 3 is 2.61 bits per heavy atom. The smallest absolute Gasteiger partial charge is 0.330 e. The topological polar surface area (TPSA) is 152 Å². The van der Waals surface area contributed by atoms with Crippen molar-refractivity contribution >= 4 is 44.2 Å². The van der Waals surface area contributed by atoms with Gasteiger partial charge in [-0.2, -0.15) is 17.9 Å². The van der Waals surface area contributed by atoms with Crippen LogP contribution in [0.1, 0.15) is 5.56 Å². The van der Waals surface area contributed by atoms with Crippen LogP contribution in [-0.2, 0) is 27.9 Å². The molecule has 33 heavy (non-hydrogen) atoms. The first-order valence-electron chi connectivity index (χ1n) is 9.74. The molecule has 0 aliphatic heterocycles. The molecule has 1 aromatic carbocycles. The summed E-state index contributed by atoms with van der Waals surface area (Å²) in [5.41, 5.74) is 7.60. The summed E-state index contributed by atoms with van der Waals surface area (Å²) in [5.74, 6) is 0.388. The summed E-state index contributed by atoms with van der Waals surface area (Å²) < 4.78 is 34.1. The fourth-order valence-corrected chi connectivity index (χ4v) is 4.89. The van der Waals surface area contributed by atoms with Gasteiger partial charge in [-0.15, -0.1) is 16.4 Å². The molecule has 0 aliphatic carbocycles. The lowest BCUT2D eigenvalue weighted by atomic mass is 10.2. The molecule has 0 aliphatic rings. The Labute approximate surface area is 191 Å². The number of thiazole rings is 1. The van der Waals surface area contributed by atoms with Gasteiger partial charge < -0.3 is 5.73 Å². The molecule has 5 aromatic rings. The summed E-state index contributed by atoms with van der Waals surface area (Å²) >= 11 is 1.37. The van der Waals surface area contributed by atoms with Crippen molar-refractivity contribution in [1.82, 2.24) is 33.7 Å². The minimum atomic E-state index is -3.97. The first-order chi connectivity index (χ1) is 15.8. The molecule has 0 fully saturated rings. The van der Waals surface area contributed by atoms with Gasteiger partial charge in [-0.1, -0.05) is 17.7 Å². The molecule has 4 heterocycles. The second kappa shape index (κ2) is 7.75. The van der Waals surface area contributed by atoms with Gasteiger partial charge in [-0.25, -0.2) is 14.8 Å². The maximum atomic E-state index is 12.9. The maximum Gasteiger partial charge on any atom is 0.330 e. The van der Waals surface area contributed by atoms with Crippen molar-refractivity contribution in [2.75, 3.05) is 12.3 Å². The molecule has 5 rings (SSSR count). The number of nitrogens with two attached hydrogens (primary N) is 1. The predicted octanol–water partition coefficient (Wildman–Crippen LogP) is 1.20. The number of benzene rings is 1. The summed E-state index contributed by atoms with van der Waals surface area (Å²) in [6.07, 6.45) is 1.64. The van der Waals surface area contributed by atoms with Gasteiger partial charge in [0.25, 0.3) is 10.1 Å². The van der Waals surface area contributed by atoms with E-state index in [0.29, 0.717) is 22.0 Å². The summed E-state index contributed by atoms with van der Waals surface area (Å²) in [7, 11) is -2.40. The van der Waals surface area contributed by atoms with Crippen molar-refractivity contribution in [2.45, 2.75) is 18.4 Å². The second-order valence-electron chi connectivity index (χ2n) is 7.23. The van der Waals surface area contributed by atoms with Crippen LogP contribution in [0.4, 0.5) is 5.95 Å². The van der Waals surface area contributed by atoms with E-state index < -0.39 is 15.8 Å². The van der Waals surface area contributed by atoms with Crippen molar-refractivity contribution < 1.29 is 12.6 Å². The van der Waals surface area contributed by atoms with E-state index in [1.165, 1.54) is 37.1 Å². The Kier molecular flexibility index (Phi) is 4.99. The number of fused-ring (bicyclic) bond motifs is 3. The number of anilines is 1. The van der Waals surface area contributed by atoms with E-state index in [1.54, 1.807) is 30.8 Å². The van der Waals surface area contributed by atoms with Gasteiger partial charge in [0.15, 0.2) is 16.3 Å². The number of aromatic nitrogens is 7. The zero-order valence-electron chi connectivity index (χ0n) is 17.5. The summed E-state index contributed by atoms with van der Waals surface area (Å²) in [6, 6.07) is 6.31. The normalized spacial score (nSPS) is 12.2. The molecular formula is C19H18N8O4S2. The van der Waals surface area contributed by atoms with E-state index in [2.05, 4.69) is 20.1 Å². The lowest BCUT2D eigenvalue weighted by molar-refractivity contribution is 0.300. The van der Waals surface area contributed by atoms with Crippen LogP contribution >= 0.6 is 11.3 Å². The highest BCUT2D eigenvalue weighted by Crippen LogP contribution is 2.24. The van der Waals surface area contributed by atoms with E-state index in [1.807, 2.05) is 6.92 Å². The van der Waals surface area contributed by atoms with Crippen LogP contribution in [0.15, 0.2) is 45.5 Å². The average Bonchev–Trinajstić information content (AvgIpc) is 3.50. The van der Waals surface area contributed by atoms with Crippen LogP contribution in [0.5, 0.6) is 0 Å². The SMILES string of the molecule is Cc1ccc(S(=O)(=O)OCCn2c(=O)n(C)c3c2nc(N)n2nc(-c4nccs4)nc32)cc1. The molecule has 0 unspecified atom stereocenters. The van der Waals surface area contributed by atoms with E-state index in [4.69, 9.17) is 9.92 Å². The number of nitrogen functional groups attached to an aromatic ring is 1. The van der Waals surface area contributed by atoms with Crippen LogP contribution < -0.4 is 11.4 Å². The van der Waals surface area contributed by atoms with E-state index >= 15 is 0 Å². The summed E-state index contributed by atoms with van der Waals surface area (Å²) in [4.78, 5) is 26.0. The third-order valence-corrected chi connectivity index (χ3v) is 7.16. The molecule has 2 N–H and O–H groups in total. The monoisotopic (exact) mass is 486 g/mol. The fraction of sp³-hybridized carbons (Fsp3) is 0.211. The van der Waals surface area contributed by atoms with E-state index in [0.717, 1.165) is 5.56 Å². The van der Waals surface area contributed by atoms with Crippen molar-refractivity contribution in [3.63, 3.8) is 0 Å². The molecule has 0 radical (unpaired) electrons. The van der Waals surface area contributed by atoms with Gasteiger partial charge in [0.2, 0.25) is 11.8 Å². The number of nitrogens with zero attached hydrogens (tertiary/aromatic N) is 7. The third kappa shape index (κ3) is 3.57. The molecule has 4 aromatic heterocycles. The molecule has 170 valence electrons. The molecule has 0 atom stereocenters. The van der Waals surface area contributed by atoms with Crippen LogP contribution in [0.3, 0.4) is 0 Å². The number of aryl methyl sites for hydroxylation is 2. The third-order valence-electron chi connectivity index (χ3n) is 5.06. The number of hydrogen-bond donors (Lipinski definition) is 1. The zero-order chi connectivity index (χ0) is 23.3. The molecule has 0 saturated carbocycles. The van der Waals surface area contributed by atoms with Crippen LogP contribution in [0.2, 0.25) is 0 Å². The first-order valence-corrected chi connectivity index (χ1v) is 12.0. The van der Waals surface area contributed by atoms with Gasteiger partial charge in [-0.05, 0) is 19.1 Å². The second-order valence-corrected chi connectivity index (χ2v) is 9.74.